The molecule has 0 saturated carbocycles. The molecule has 0 aromatic heterocycles. The van der Waals surface area contributed by atoms with E-state index in [2.05, 4.69) is 0 Å². The van der Waals surface area contributed by atoms with Gasteiger partial charge in [0, 0.05) is 11.1 Å². The van der Waals surface area contributed by atoms with Crippen molar-refractivity contribution in [1.82, 2.24) is 0 Å². The third kappa shape index (κ3) is 2.93. The molecule has 0 amide bonds. The highest BCUT2D eigenvalue weighted by molar-refractivity contribution is 6.00. The molecular formula is C23H20O4. The maximum Gasteiger partial charge on any atom is 0.171 e. The number of carbonyl (C=O) groups excluding carboxylic acids is 1. The molecule has 4 rings (SSSR count). The first kappa shape index (κ1) is 17.2. The van der Waals surface area contributed by atoms with Crippen LogP contribution in [0.25, 0.3) is 0 Å². The maximum absolute atomic E-state index is 13.0. The number of carbonyl (C=O) groups is 1. The quantitative estimate of drug-likeness (QED) is 0.681. The Kier molecular flexibility index (Phi) is 4.32. The number of benzene rings is 3. The van der Waals surface area contributed by atoms with E-state index in [0.717, 1.165) is 11.1 Å². The lowest BCUT2D eigenvalue weighted by Crippen LogP contribution is -2.40. The first-order chi connectivity index (χ1) is 13.2. The van der Waals surface area contributed by atoms with Gasteiger partial charge in [0.15, 0.2) is 11.4 Å². The van der Waals surface area contributed by atoms with Crippen molar-refractivity contribution in [2.45, 2.75) is 12.0 Å². The average molecular weight is 360 g/mol. The lowest BCUT2D eigenvalue weighted by atomic mass is 9.79. The Morgan fingerprint density at radius 1 is 0.815 bits per heavy atom. The van der Waals surface area contributed by atoms with Gasteiger partial charge < -0.3 is 14.2 Å². The van der Waals surface area contributed by atoms with Crippen molar-refractivity contribution >= 4 is 5.78 Å². The average Bonchev–Trinajstić information content (AvgIpc) is 2.73. The molecule has 136 valence electrons. The summed E-state index contributed by atoms with van der Waals surface area (Å²) in [5, 5.41) is 0. The largest absolute Gasteiger partial charge is 0.497 e. The van der Waals surface area contributed by atoms with Crippen molar-refractivity contribution in [2.24, 2.45) is 0 Å². The summed E-state index contributed by atoms with van der Waals surface area (Å²) in [6.07, 6.45) is 0.199. The van der Waals surface area contributed by atoms with Gasteiger partial charge in [0.25, 0.3) is 0 Å². The Balaban J connectivity index is 1.95. The van der Waals surface area contributed by atoms with Crippen LogP contribution in [0.2, 0.25) is 0 Å². The third-order valence-electron chi connectivity index (χ3n) is 4.95. The zero-order valence-electron chi connectivity index (χ0n) is 15.3. The molecule has 1 aliphatic heterocycles. The standard InChI is InChI=1S/C23H20O4/c1-25-18-9-5-7-16(13-18)23(17-8-6-10-19(14-17)26-2)15-21(24)20-11-3-4-12-22(20)27-23/h3-14H,15H2,1-2H3. The number of para-hydroxylation sites is 1. The molecule has 0 unspecified atom stereocenters. The monoisotopic (exact) mass is 360 g/mol. The van der Waals surface area contributed by atoms with Gasteiger partial charge in [-0.1, -0.05) is 36.4 Å². The second kappa shape index (κ2) is 6.80. The van der Waals surface area contributed by atoms with Crippen LogP contribution in [-0.4, -0.2) is 20.0 Å². The SMILES string of the molecule is COc1cccc(C2(c3cccc(OC)c3)CC(=O)c3ccccc3O2)c1. The summed E-state index contributed by atoms with van der Waals surface area (Å²) in [7, 11) is 3.25. The lowest BCUT2D eigenvalue weighted by Gasteiger charge is -2.39. The molecule has 0 radical (unpaired) electrons. The summed E-state index contributed by atoms with van der Waals surface area (Å²) in [5.41, 5.74) is 1.38. The minimum Gasteiger partial charge on any atom is -0.497 e. The Bertz CT molecular complexity index is 945. The van der Waals surface area contributed by atoms with Crippen LogP contribution < -0.4 is 14.2 Å². The minimum atomic E-state index is -0.950. The first-order valence-electron chi connectivity index (χ1n) is 8.76. The van der Waals surface area contributed by atoms with E-state index < -0.39 is 5.60 Å². The number of fused-ring (bicyclic) bond motifs is 1. The van der Waals surface area contributed by atoms with Crippen LogP contribution in [0.4, 0.5) is 0 Å². The van der Waals surface area contributed by atoms with Gasteiger partial charge in [-0.3, -0.25) is 4.79 Å². The van der Waals surface area contributed by atoms with Crippen LogP contribution in [0.3, 0.4) is 0 Å². The Labute approximate surface area is 158 Å². The second-order valence-electron chi connectivity index (χ2n) is 6.49. The lowest BCUT2D eigenvalue weighted by molar-refractivity contribution is 0.0615. The maximum atomic E-state index is 13.0. The fourth-order valence-corrected chi connectivity index (χ4v) is 3.57. The number of ether oxygens (including phenoxy) is 3. The normalized spacial score (nSPS) is 14.8. The summed E-state index contributed by atoms with van der Waals surface area (Å²) in [5.74, 6) is 2.05. The number of methoxy groups -OCH3 is 2. The molecule has 0 atom stereocenters. The number of hydrogen-bond donors (Lipinski definition) is 0. The summed E-state index contributed by atoms with van der Waals surface area (Å²) >= 11 is 0. The van der Waals surface area contributed by atoms with E-state index >= 15 is 0 Å². The third-order valence-corrected chi connectivity index (χ3v) is 4.95. The number of Topliss-reactive ketones (excluding diaryl/α,β-unsaturated/α-hetero) is 1. The van der Waals surface area contributed by atoms with Gasteiger partial charge in [-0.2, -0.15) is 0 Å². The van der Waals surface area contributed by atoms with E-state index in [-0.39, 0.29) is 12.2 Å². The van der Waals surface area contributed by atoms with Crippen molar-refractivity contribution in [1.29, 1.82) is 0 Å². The second-order valence-corrected chi connectivity index (χ2v) is 6.49. The van der Waals surface area contributed by atoms with Crippen molar-refractivity contribution in [3.63, 3.8) is 0 Å². The van der Waals surface area contributed by atoms with E-state index in [1.165, 1.54) is 0 Å². The molecule has 27 heavy (non-hydrogen) atoms. The highest BCUT2D eigenvalue weighted by Crippen LogP contribution is 2.45. The van der Waals surface area contributed by atoms with Gasteiger partial charge in [0.05, 0.1) is 26.2 Å². The van der Waals surface area contributed by atoms with Crippen LogP contribution in [0.1, 0.15) is 27.9 Å². The summed E-state index contributed by atoms with van der Waals surface area (Å²) < 4.78 is 17.3. The highest BCUT2D eigenvalue weighted by Gasteiger charge is 2.44. The molecule has 0 spiro atoms. The van der Waals surface area contributed by atoms with Gasteiger partial charge in [0.1, 0.15) is 17.2 Å². The van der Waals surface area contributed by atoms with Gasteiger partial charge >= 0.3 is 0 Å². The van der Waals surface area contributed by atoms with Gasteiger partial charge in [0.2, 0.25) is 0 Å². The van der Waals surface area contributed by atoms with Crippen LogP contribution >= 0.6 is 0 Å². The fraction of sp³-hybridized carbons (Fsp3) is 0.174. The van der Waals surface area contributed by atoms with E-state index in [1.54, 1.807) is 20.3 Å². The predicted octanol–water partition coefficient (Wildman–Crippen LogP) is 4.61. The van der Waals surface area contributed by atoms with Gasteiger partial charge in [-0.25, -0.2) is 0 Å². The fourth-order valence-electron chi connectivity index (χ4n) is 3.57. The van der Waals surface area contributed by atoms with Crippen molar-refractivity contribution in [3.05, 3.63) is 89.5 Å². The molecule has 1 aliphatic rings. The number of hydrogen-bond acceptors (Lipinski definition) is 4. The zero-order chi connectivity index (χ0) is 18.9. The Hall–Kier alpha value is -3.27. The molecule has 0 bridgehead atoms. The highest BCUT2D eigenvalue weighted by atomic mass is 16.5. The van der Waals surface area contributed by atoms with E-state index in [1.807, 2.05) is 66.7 Å². The smallest absolute Gasteiger partial charge is 0.171 e. The van der Waals surface area contributed by atoms with Crippen molar-refractivity contribution in [2.75, 3.05) is 14.2 Å². The van der Waals surface area contributed by atoms with Crippen LogP contribution in [0.5, 0.6) is 17.2 Å². The Morgan fingerprint density at radius 3 is 2.00 bits per heavy atom. The molecule has 4 nitrogen and oxygen atoms in total. The summed E-state index contributed by atoms with van der Waals surface area (Å²) in [6, 6.07) is 22.7. The molecule has 3 aromatic rings. The Morgan fingerprint density at radius 2 is 1.41 bits per heavy atom. The van der Waals surface area contributed by atoms with E-state index in [9.17, 15) is 4.79 Å². The molecule has 0 aliphatic carbocycles. The molecule has 0 fully saturated rings. The predicted molar refractivity (Wildman–Crippen MR) is 103 cm³/mol. The molecule has 0 saturated heterocycles. The van der Waals surface area contributed by atoms with Crippen molar-refractivity contribution in [3.8, 4) is 17.2 Å². The summed E-state index contributed by atoms with van der Waals surface area (Å²) in [4.78, 5) is 13.0. The molecule has 0 N–H and O–H groups in total. The number of ketones is 1. The van der Waals surface area contributed by atoms with Crippen LogP contribution in [0.15, 0.2) is 72.8 Å². The van der Waals surface area contributed by atoms with Crippen molar-refractivity contribution < 1.29 is 19.0 Å². The van der Waals surface area contributed by atoms with Crippen LogP contribution in [0, 0.1) is 0 Å². The topological polar surface area (TPSA) is 44.8 Å². The number of rotatable bonds is 4. The first-order valence-corrected chi connectivity index (χ1v) is 8.76. The van der Waals surface area contributed by atoms with Crippen LogP contribution in [-0.2, 0) is 5.60 Å². The molecule has 1 heterocycles. The zero-order valence-corrected chi connectivity index (χ0v) is 15.3. The minimum absolute atomic E-state index is 0.0440. The summed E-state index contributed by atoms with van der Waals surface area (Å²) in [6.45, 7) is 0. The van der Waals surface area contributed by atoms with E-state index in [0.29, 0.717) is 22.8 Å². The van der Waals surface area contributed by atoms with Gasteiger partial charge in [-0.15, -0.1) is 0 Å². The van der Waals surface area contributed by atoms with Gasteiger partial charge in [-0.05, 0) is 36.4 Å². The van der Waals surface area contributed by atoms with E-state index in [4.69, 9.17) is 14.2 Å². The molecular weight excluding hydrogens is 340 g/mol. The molecule has 3 aromatic carbocycles. The molecule has 4 heteroatoms.